The fraction of sp³-hybridized carbons (Fsp3) is 0.375. The number of likely N-dealkylation sites (tertiary alicyclic amines) is 1. The highest BCUT2D eigenvalue weighted by molar-refractivity contribution is 9.10. The third-order valence-electron chi connectivity index (χ3n) is 8.24. The summed E-state index contributed by atoms with van der Waals surface area (Å²) in [6.45, 7) is 7.31. The van der Waals surface area contributed by atoms with Crippen LogP contribution in [0.4, 0.5) is 5.82 Å². The first kappa shape index (κ1) is 30.5. The molecule has 2 amide bonds. The van der Waals surface area contributed by atoms with E-state index in [1.807, 2.05) is 38.9 Å². The molecule has 12 nitrogen and oxygen atoms in total. The Morgan fingerprint density at radius 2 is 1.87 bits per heavy atom. The fourth-order valence-corrected chi connectivity index (χ4v) is 6.55. The largest absolute Gasteiger partial charge is 0.314 e. The minimum Gasteiger partial charge on any atom is -0.314 e. The number of nitrogens with one attached hydrogen (secondary N) is 1. The number of aromatic nitrogens is 6. The summed E-state index contributed by atoms with van der Waals surface area (Å²) in [6, 6.07) is 4.19. The Balaban J connectivity index is 1.36. The van der Waals surface area contributed by atoms with E-state index in [2.05, 4.69) is 53.1 Å². The number of hydrogen-bond acceptors (Lipinski definition) is 9. The highest BCUT2D eigenvalue weighted by atomic mass is 79.9. The molecule has 5 heterocycles. The quantitative estimate of drug-likeness (QED) is 0.170. The van der Waals surface area contributed by atoms with E-state index in [9.17, 15) is 14.4 Å². The first-order valence-electron chi connectivity index (χ1n) is 14.5. The SMILES string of the molecule is CC(=O)c1nn(CC(=O)N2[C@H](C(=O)Nc3nc(Br)ccc3C)C[C@@]3(CN(C)C)C#C[C@@H]23)c2c(C)nc(-c3cnc(C)nc3)cc12. The molecule has 0 aromatic carbocycles. The van der Waals surface area contributed by atoms with Gasteiger partial charge in [-0.15, -0.1) is 0 Å². The first-order chi connectivity index (χ1) is 21.4. The Morgan fingerprint density at radius 1 is 1.13 bits per heavy atom. The summed E-state index contributed by atoms with van der Waals surface area (Å²) >= 11 is 3.37. The lowest BCUT2D eigenvalue weighted by atomic mass is 9.73. The molecular weight excluding hydrogens is 638 g/mol. The molecule has 3 atom stereocenters. The van der Waals surface area contributed by atoms with E-state index in [1.54, 1.807) is 36.4 Å². The van der Waals surface area contributed by atoms with Gasteiger partial charge in [-0.05, 0) is 74.9 Å². The highest BCUT2D eigenvalue weighted by Crippen LogP contribution is 2.46. The summed E-state index contributed by atoms with van der Waals surface area (Å²) < 4.78 is 2.10. The fourth-order valence-electron chi connectivity index (χ4n) is 6.24. The zero-order chi connectivity index (χ0) is 32.2. The number of ketones is 1. The summed E-state index contributed by atoms with van der Waals surface area (Å²) in [7, 11) is 3.90. The van der Waals surface area contributed by atoms with Crippen molar-refractivity contribution in [2.24, 2.45) is 5.41 Å². The van der Waals surface area contributed by atoms with Crippen molar-refractivity contribution in [1.82, 2.24) is 39.5 Å². The molecule has 1 fully saturated rings. The van der Waals surface area contributed by atoms with Crippen molar-refractivity contribution in [2.45, 2.75) is 52.7 Å². The van der Waals surface area contributed by atoms with E-state index in [1.165, 1.54) is 11.6 Å². The molecule has 1 aliphatic carbocycles. The Hall–Kier alpha value is -4.54. The van der Waals surface area contributed by atoms with Crippen molar-refractivity contribution in [3.05, 3.63) is 58.0 Å². The van der Waals surface area contributed by atoms with Gasteiger partial charge in [-0.1, -0.05) is 17.9 Å². The summed E-state index contributed by atoms with van der Waals surface area (Å²) in [5, 5.41) is 8.10. The van der Waals surface area contributed by atoms with Crippen LogP contribution in [0, 0.1) is 38.0 Å². The molecule has 4 aromatic rings. The van der Waals surface area contributed by atoms with Crippen LogP contribution >= 0.6 is 15.9 Å². The van der Waals surface area contributed by atoms with Crippen molar-refractivity contribution in [1.29, 1.82) is 0 Å². The number of anilines is 1. The van der Waals surface area contributed by atoms with Crippen molar-refractivity contribution in [3.8, 4) is 23.1 Å². The number of halogens is 1. The van der Waals surface area contributed by atoms with Gasteiger partial charge in [0.05, 0.1) is 22.3 Å². The number of hydrogen-bond donors (Lipinski definition) is 1. The van der Waals surface area contributed by atoms with Crippen LogP contribution in [0.1, 0.15) is 40.9 Å². The molecule has 0 spiro atoms. The lowest BCUT2D eigenvalue weighted by molar-refractivity contribution is -0.138. The second-order valence-corrected chi connectivity index (χ2v) is 12.8. The maximum absolute atomic E-state index is 14.2. The van der Waals surface area contributed by atoms with Crippen LogP contribution in [0.3, 0.4) is 0 Å². The molecule has 6 rings (SSSR count). The first-order valence-corrected chi connectivity index (χ1v) is 15.3. The number of aryl methyl sites for hydroxylation is 3. The summed E-state index contributed by atoms with van der Waals surface area (Å²) in [4.78, 5) is 62.1. The van der Waals surface area contributed by atoms with E-state index >= 15 is 0 Å². The number of carbonyl (C=O) groups excluding carboxylic acids is 3. The van der Waals surface area contributed by atoms with Gasteiger partial charge in [0.15, 0.2) is 5.78 Å². The molecule has 1 aliphatic heterocycles. The molecule has 0 bridgehead atoms. The normalized spacial score (nSPS) is 20.0. The average Bonchev–Trinajstić information content (AvgIpc) is 3.44. The Bertz CT molecular complexity index is 1940. The van der Waals surface area contributed by atoms with Crippen LogP contribution < -0.4 is 5.32 Å². The van der Waals surface area contributed by atoms with Crippen LogP contribution in [0.15, 0.2) is 35.2 Å². The van der Waals surface area contributed by atoms with E-state index in [0.29, 0.717) is 57.1 Å². The zero-order valence-electron chi connectivity index (χ0n) is 25.8. The Labute approximate surface area is 268 Å². The number of Topliss-reactive ketones (excluding diaryl/α,β-unsaturated/α-hetero) is 1. The lowest BCUT2D eigenvalue weighted by Crippen LogP contribution is -2.53. The van der Waals surface area contributed by atoms with Gasteiger partial charge in [0.25, 0.3) is 0 Å². The van der Waals surface area contributed by atoms with Crippen molar-refractivity contribution in [2.75, 3.05) is 26.0 Å². The lowest BCUT2D eigenvalue weighted by Gasteiger charge is -2.38. The molecule has 4 aromatic heterocycles. The summed E-state index contributed by atoms with van der Waals surface area (Å²) in [5.74, 6) is 6.58. The van der Waals surface area contributed by atoms with Gasteiger partial charge in [0.1, 0.15) is 40.6 Å². The van der Waals surface area contributed by atoms with Crippen LogP contribution in [0.25, 0.3) is 22.2 Å². The number of carbonyl (C=O) groups is 3. The van der Waals surface area contributed by atoms with Gasteiger partial charge in [0, 0.05) is 36.8 Å². The molecule has 0 saturated carbocycles. The Morgan fingerprint density at radius 3 is 2.51 bits per heavy atom. The second-order valence-electron chi connectivity index (χ2n) is 11.9. The number of rotatable bonds is 8. The second kappa shape index (κ2) is 11.4. The van der Waals surface area contributed by atoms with E-state index in [0.717, 1.165) is 5.56 Å². The van der Waals surface area contributed by atoms with E-state index in [-0.39, 0.29) is 29.8 Å². The monoisotopic (exact) mass is 669 g/mol. The highest BCUT2D eigenvalue weighted by Gasteiger charge is 2.58. The molecule has 0 radical (unpaired) electrons. The molecule has 1 N–H and O–H groups in total. The van der Waals surface area contributed by atoms with Gasteiger partial charge >= 0.3 is 0 Å². The van der Waals surface area contributed by atoms with Crippen molar-refractivity contribution in [3.63, 3.8) is 0 Å². The van der Waals surface area contributed by atoms with E-state index < -0.39 is 17.5 Å². The van der Waals surface area contributed by atoms with Gasteiger partial charge in [-0.2, -0.15) is 5.10 Å². The zero-order valence-corrected chi connectivity index (χ0v) is 27.4. The minimum atomic E-state index is -0.799. The van der Waals surface area contributed by atoms with Gasteiger partial charge in [-0.3, -0.25) is 24.0 Å². The van der Waals surface area contributed by atoms with Crippen LogP contribution in [0.2, 0.25) is 0 Å². The average molecular weight is 671 g/mol. The maximum atomic E-state index is 14.2. The third-order valence-corrected chi connectivity index (χ3v) is 8.68. The summed E-state index contributed by atoms with van der Waals surface area (Å²) in [6.07, 6.45) is 3.75. The number of amides is 2. The minimum absolute atomic E-state index is 0.201. The molecule has 0 unspecified atom stereocenters. The molecule has 230 valence electrons. The third kappa shape index (κ3) is 5.49. The van der Waals surface area contributed by atoms with Crippen LogP contribution in [-0.2, 0) is 16.1 Å². The molecular formula is C32H32BrN9O3. The predicted octanol–water partition coefficient (Wildman–Crippen LogP) is 3.35. The van der Waals surface area contributed by atoms with E-state index in [4.69, 9.17) is 4.98 Å². The Kier molecular flexibility index (Phi) is 7.74. The van der Waals surface area contributed by atoms with Gasteiger partial charge < -0.3 is 15.1 Å². The predicted molar refractivity (Wildman–Crippen MR) is 171 cm³/mol. The number of fused-ring (bicyclic) bond motifs is 2. The molecule has 1 saturated heterocycles. The van der Waals surface area contributed by atoms with Gasteiger partial charge in [-0.25, -0.2) is 15.0 Å². The number of nitrogens with zero attached hydrogens (tertiary/aromatic N) is 8. The van der Waals surface area contributed by atoms with Crippen molar-refractivity contribution < 1.29 is 14.4 Å². The molecule has 2 aliphatic rings. The molecule has 45 heavy (non-hydrogen) atoms. The number of pyridine rings is 2. The van der Waals surface area contributed by atoms with Gasteiger partial charge in [0.2, 0.25) is 11.8 Å². The maximum Gasteiger partial charge on any atom is 0.248 e. The standard InChI is InChI=1S/C32H32BrN9O3/c1-17-7-8-26(33)37-30(17)38-31(45)24-12-32(16-40(5)6)10-9-25(32)42(24)27(44)15-41-29-18(2)36-23(21-13-34-20(4)35-14-21)11-22(29)28(39-41)19(3)43/h7-8,11,13-14,24-25H,12,15-16H2,1-6H3,(H,37,38,45)/t24-,25+,32+/m0/s1. The topological polar surface area (TPSA) is 139 Å². The van der Waals surface area contributed by atoms with Crippen LogP contribution in [0.5, 0.6) is 0 Å². The van der Waals surface area contributed by atoms with Crippen molar-refractivity contribution >= 4 is 50.2 Å². The summed E-state index contributed by atoms with van der Waals surface area (Å²) in [5.41, 5.74) is 2.94. The smallest absolute Gasteiger partial charge is 0.248 e. The van der Waals surface area contributed by atoms with Crippen LogP contribution in [-0.4, -0.2) is 89.8 Å². The molecule has 13 heteroatoms.